The van der Waals surface area contributed by atoms with Gasteiger partial charge in [0.2, 0.25) is 0 Å². The lowest BCUT2D eigenvalue weighted by Crippen LogP contribution is -2.18. The lowest BCUT2D eigenvalue weighted by Gasteiger charge is -2.13. The van der Waals surface area contributed by atoms with Crippen molar-refractivity contribution in [1.29, 1.82) is 0 Å². The first kappa shape index (κ1) is 22.9. The van der Waals surface area contributed by atoms with E-state index in [0.29, 0.717) is 22.1 Å². The highest BCUT2D eigenvalue weighted by atomic mass is 35.5. The molecule has 5 nitrogen and oxygen atoms in total. The van der Waals surface area contributed by atoms with E-state index < -0.39 is 5.91 Å². The molecule has 3 aromatic carbocycles. The van der Waals surface area contributed by atoms with Crippen molar-refractivity contribution in [3.63, 3.8) is 0 Å². The van der Waals surface area contributed by atoms with Crippen LogP contribution in [0.15, 0.2) is 59.7 Å². The van der Waals surface area contributed by atoms with Gasteiger partial charge in [0.15, 0.2) is 11.5 Å². The molecule has 1 N–H and O–H groups in total. The summed E-state index contributed by atoms with van der Waals surface area (Å²) in [6.07, 6.45) is 1.40. The predicted octanol–water partition coefficient (Wildman–Crippen LogP) is 6.14. The van der Waals surface area contributed by atoms with Gasteiger partial charge >= 0.3 is 0 Å². The Morgan fingerprint density at radius 1 is 1.06 bits per heavy atom. The quantitative estimate of drug-likeness (QED) is 0.326. The van der Waals surface area contributed by atoms with E-state index >= 15 is 0 Å². The Bertz CT molecular complexity index is 1120. The molecule has 0 bridgehead atoms. The van der Waals surface area contributed by atoms with Gasteiger partial charge in [0.1, 0.15) is 12.4 Å². The van der Waals surface area contributed by atoms with Gasteiger partial charge in [-0.2, -0.15) is 5.10 Å². The van der Waals surface area contributed by atoms with Gasteiger partial charge in [-0.1, -0.05) is 46.9 Å². The number of methoxy groups -OCH3 is 1. The summed E-state index contributed by atoms with van der Waals surface area (Å²) < 4.78 is 24.1. The maximum atomic E-state index is 13.0. The Hall–Kier alpha value is -2.80. The molecule has 160 valence electrons. The highest BCUT2D eigenvalue weighted by Crippen LogP contribution is 2.36. The largest absolute Gasteiger partial charge is 0.493 e. The highest BCUT2D eigenvalue weighted by Gasteiger charge is 2.13. The number of amides is 1. The number of halogens is 4. The van der Waals surface area contributed by atoms with Gasteiger partial charge in [-0.25, -0.2) is 9.82 Å². The van der Waals surface area contributed by atoms with Gasteiger partial charge in [0.05, 0.1) is 28.9 Å². The number of carbonyl (C=O) groups excluding carboxylic acids is 1. The van der Waals surface area contributed by atoms with E-state index in [1.807, 2.05) is 0 Å². The molecule has 3 aromatic rings. The zero-order valence-corrected chi connectivity index (χ0v) is 18.4. The topological polar surface area (TPSA) is 59.9 Å². The van der Waals surface area contributed by atoms with Crippen LogP contribution in [0.4, 0.5) is 4.39 Å². The van der Waals surface area contributed by atoms with E-state index in [9.17, 15) is 9.18 Å². The number of hydrogen-bond acceptors (Lipinski definition) is 4. The summed E-state index contributed by atoms with van der Waals surface area (Å²) in [6, 6.07) is 13.7. The highest BCUT2D eigenvalue weighted by molar-refractivity contribution is 6.36. The van der Waals surface area contributed by atoms with Crippen LogP contribution in [-0.2, 0) is 6.61 Å². The van der Waals surface area contributed by atoms with Gasteiger partial charge in [-0.05, 0) is 53.6 Å². The van der Waals surface area contributed by atoms with Gasteiger partial charge < -0.3 is 9.47 Å². The second-order valence-electron chi connectivity index (χ2n) is 6.27. The number of hydrazone groups is 1. The molecule has 0 aliphatic carbocycles. The molecule has 0 spiro atoms. The summed E-state index contributed by atoms with van der Waals surface area (Å²) in [6.45, 7) is 0.182. The summed E-state index contributed by atoms with van der Waals surface area (Å²) in [5.41, 5.74) is 3.97. The Labute approximate surface area is 193 Å². The number of benzene rings is 3. The van der Waals surface area contributed by atoms with Gasteiger partial charge in [-0.3, -0.25) is 4.79 Å². The first-order chi connectivity index (χ1) is 14.9. The summed E-state index contributed by atoms with van der Waals surface area (Å²) in [5.74, 6) is -0.102. The molecule has 0 fully saturated rings. The molecule has 0 unspecified atom stereocenters. The molecule has 3 rings (SSSR count). The van der Waals surface area contributed by atoms with E-state index in [4.69, 9.17) is 44.3 Å². The first-order valence-corrected chi connectivity index (χ1v) is 10.0. The second-order valence-corrected chi connectivity index (χ2v) is 7.52. The average molecular weight is 482 g/mol. The van der Waals surface area contributed by atoms with Crippen LogP contribution in [0.5, 0.6) is 11.5 Å². The fraction of sp³-hybridized carbons (Fsp3) is 0.0909. The third-order valence-corrected chi connectivity index (χ3v) is 4.93. The molecule has 0 aromatic heterocycles. The van der Waals surface area contributed by atoms with Crippen molar-refractivity contribution in [2.24, 2.45) is 5.10 Å². The van der Waals surface area contributed by atoms with E-state index in [1.165, 1.54) is 37.6 Å². The number of carbonyl (C=O) groups is 1. The summed E-state index contributed by atoms with van der Waals surface area (Å²) in [7, 11) is 1.47. The Morgan fingerprint density at radius 2 is 1.81 bits per heavy atom. The fourth-order valence-corrected chi connectivity index (χ4v) is 3.36. The maximum absolute atomic E-state index is 13.0. The lowest BCUT2D eigenvalue weighted by molar-refractivity contribution is 0.0955. The van der Waals surface area contributed by atoms with Crippen molar-refractivity contribution in [2.75, 3.05) is 7.11 Å². The predicted molar refractivity (Wildman–Crippen MR) is 120 cm³/mol. The van der Waals surface area contributed by atoms with Crippen molar-refractivity contribution in [2.45, 2.75) is 6.61 Å². The van der Waals surface area contributed by atoms with E-state index in [0.717, 1.165) is 5.56 Å². The molecule has 0 aliphatic rings. The zero-order chi connectivity index (χ0) is 22.4. The van der Waals surface area contributed by atoms with E-state index in [1.54, 1.807) is 30.3 Å². The minimum atomic E-state index is -0.491. The third-order valence-electron chi connectivity index (χ3n) is 4.10. The molecular formula is C22H16Cl3FN2O3. The summed E-state index contributed by atoms with van der Waals surface area (Å²) >= 11 is 18.2. The molecular weight excluding hydrogens is 466 g/mol. The average Bonchev–Trinajstić information content (AvgIpc) is 2.73. The molecule has 0 saturated carbocycles. The van der Waals surface area contributed by atoms with Crippen molar-refractivity contribution in [3.05, 3.63) is 92.2 Å². The number of hydrogen-bond donors (Lipinski definition) is 1. The first-order valence-electron chi connectivity index (χ1n) is 8.90. The van der Waals surface area contributed by atoms with E-state index in [2.05, 4.69) is 10.5 Å². The summed E-state index contributed by atoms with van der Waals surface area (Å²) in [4.78, 5) is 12.2. The number of ether oxygens (including phenoxy) is 2. The van der Waals surface area contributed by atoms with Crippen molar-refractivity contribution in [1.82, 2.24) is 5.43 Å². The molecule has 0 saturated heterocycles. The van der Waals surface area contributed by atoms with Crippen molar-refractivity contribution in [3.8, 4) is 11.5 Å². The number of rotatable bonds is 7. The Balaban J connectivity index is 1.69. The van der Waals surface area contributed by atoms with Crippen molar-refractivity contribution < 1.29 is 18.7 Å². The minimum absolute atomic E-state index is 0.182. The van der Waals surface area contributed by atoms with Crippen molar-refractivity contribution >= 4 is 46.9 Å². The fourth-order valence-electron chi connectivity index (χ4n) is 2.59. The smallest absolute Gasteiger partial charge is 0.272 e. The van der Waals surface area contributed by atoms with Crippen LogP contribution < -0.4 is 14.9 Å². The Kier molecular flexibility index (Phi) is 7.74. The standard InChI is InChI=1S/C22H16Cl3FN2O3/c1-30-20-9-14(11-27-28-22(29)17-7-4-15(23)10-18(17)24)8-19(25)21(20)31-12-13-2-5-16(26)6-3-13/h2-11H,12H2,1H3,(H,28,29)/b27-11-. The maximum Gasteiger partial charge on any atom is 0.272 e. The van der Waals surface area contributed by atoms with Crippen LogP contribution in [0.2, 0.25) is 15.1 Å². The Morgan fingerprint density at radius 3 is 2.48 bits per heavy atom. The van der Waals surface area contributed by atoms with Crippen LogP contribution in [0.1, 0.15) is 21.5 Å². The monoisotopic (exact) mass is 480 g/mol. The second kappa shape index (κ2) is 10.5. The summed E-state index contributed by atoms with van der Waals surface area (Å²) in [5, 5.41) is 4.85. The molecule has 0 heterocycles. The lowest BCUT2D eigenvalue weighted by atomic mass is 10.2. The number of nitrogens with zero attached hydrogens (tertiary/aromatic N) is 1. The van der Waals surface area contributed by atoms with Crippen LogP contribution in [-0.4, -0.2) is 19.2 Å². The van der Waals surface area contributed by atoms with Gasteiger partial charge in [0.25, 0.3) is 5.91 Å². The van der Waals surface area contributed by atoms with Crippen LogP contribution in [0.3, 0.4) is 0 Å². The molecule has 0 atom stereocenters. The molecule has 0 radical (unpaired) electrons. The zero-order valence-electron chi connectivity index (χ0n) is 16.2. The molecule has 0 aliphatic heterocycles. The van der Waals surface area contributed by atoms with Gasteiger partial charge in [0, 0.05) is 5.02 Å². The van der Waals surface area contributed by atoms with Crippen LogP contribution in [0.25, 0.3) is 0 Å². The number of nitrogens with one attached hydrogen (secondary N) is 1. The van der Waals surface area contributed by atoms with Gasteiger partial charge in [-0.15, -0.1) is 0 Å². The van der Waals surface area contributed by atoms with Crippen LogP contribution in [0, 0.1) is 5.82 Å². The molecule has 1 amide bonds. The minimum Gasteiger partial charge on any atom is -0.493 e. The normalized spacial score (nSPS) is 10.9. The van der Waals surface area contributed by atoms with Crippen LogP contribution >= 0.6 is 34.8 Å². The molecule has 31 heavy (non-hydrogen) atoms. The molecule has 9 heteroatoms. The third kappa shape index (κ3) is 6.10. The SMILES string of the molecule is COc1cc(/C=N\NC(=O)c2ccc(Cl)cc2Cl)cc(Cl)c1OCc1ccc(F)cc1. The van der Waals surface area contributed by atoms with E-state index in [-0.39, 0.29) is 28.0 Å².